The van der Waals surface area contributed by atoms with E-state index < -0.39 is 0 Å². The highest BCUT2D eigenvalue weighted by atomic mass is 16.5. The molecule has 1 aromatic heterocycles. The van der Waals surface area contributed by atoms with Crippen molar-refractivity contribution in [3.63, 3.8) is 0 Å². The molecule has 1 atom stereocenters. The van der Waals surface area contributed by atoms with E-state index in [2.05, 4.69) is 58.1 Å². The van der Waals surface area contributed by atoms with Crippen molar-refractivity contribution in [3.05, 3.63) is 29.5 Å². The van der Waals surface area contributed by atoms with Crippen molar-refractivity contribution in [2.45, 2.75) is 52.5 Å². The molecule has 0 amide bonds. The highest BCUT2D eigenvalue weighted by Crippen LogP contribution is 2.37. The number of hydrogen-bond acceptors (Lipinski definition) is 3. The number of benzene rings is 1. The Morgan fingerprint density at radius 3 is 2.43 bits per heavy atom. The second-order valence-electron chi connectivity index (χ2n) is 6.51. The van der Waals surface area contributed by atoms with Gasteiger partial charge in [0, 0.05) is 10.9 Å². The Labute approximate surface area is 127 Å². The van der Waals surface area contributed by atoms with Crippen molar-refractivity contribution in [1.29, 1.82) is 0 Å². The summed E-state index contributed by atoms with van der Waals surface area (Å²) in [6.07, 6.45) is 1.01. The molecular formula is C18H27NO2. The lowest BCUT2D eigenvalue weighted by molar-refractivity contribution is 0.411. The molecule has 0 saturated carbocycles. The molecule has 1 heterocycles. The van der Waals surface area contributed by atoms with E-state index in [9.17, 15) is 0 Å². The van der Waals surface area contributed by atoms with E-state index in [1.165, 1.54) is 5.56 Å². The zero-order valence-corrected chi connectivity index (χ0v) is 14.0. The van der Waals surface area contributed by atoms with Crippen LogP contribution in [0.25, 0.3) is 11.0 Å². The monoisotopic (exact) mass is 289 g/mol. The Hall–Kier alpha value is -1.48. The highest BCUT2D eigenvalue weighted by molar-refractivity contribution is 5.84. The van der Waals surface area contributed by atoms with Crippen LogP contribution in [-0.4, -0.2) is 13.7 Å². The summed E-state index contributed by atoms with van der Waals surface area (Å²) in [5, 5.41) is 4.59. The normalized spacial score (nSPS) is 13.6. The van der Waals surface area contributed by atoms with Gasteiger partial charge in [-0.25, -0.2) is 0 Å². The largest absolute Gasteiger partial charge is 0.497 e. The number of ether oxygens (including phenoxy) is 1. The Kier molecular flexibility index (Phi) is 4.62. The maximum absolute atomic E-state index is 6.21. The summed E-state index contributed by atoms with van der Waals surface area (Å²) < 4.78 is 11.7. The summed E-state index contributed by atoms with van der Waals surface area (Å²) in [6, 6.07) is 6.55. The summed E-state index contributed by atoms with van der Waals surface area (Å²) in [7, 11) is 1.71. The summed E-state index contributed by atoms with van der Waals surface area (Å²) >= 11 is 0. The van der Waals surface area contributed by atoms with E-state index in [0.717, 1.165) is 35.4 Å². The molecule has 21 heavy (non-hydrogen) atoms. The van der Waals surface area contributed by atoms with Gasteiger partial charge in [-0.05, 0) is 36.6 Å². The quantitative estimate of drug-likeness (QED) is 0.858. The molecule has 0 aliphatic heterocycles. The highest BCUT2D eigenvalue weighted by Gasteiger charge is 2.23. The minimum atomic E-state index is 0.0157. The van der Waals surface area contributed by atoms with Crippen LogP contribution in [0.15, 0.2) is 22.6 Å². The van der Waals surface area contributed by atoms with Gasteiger partial charge < -0.3 is 14.5 Å². The van der Waals surface area contributed by atoms with Gasteiger partial charge in [0.25, 0.3) is 0 Å². The van der Waals surface area contributed by atoms with Crippen LogP contribution in [0.5, 0.6) is 5.75 Å². The molecule has 2 aromatic rings. The molecule has 1 aromatic carbocycles. The Morgan fingerprint density at radius 2 is 1.90 bits per heavy atom. The molecule has 1 N–H and O–H groups in total. The number of nitrogens with one attached hydrogen (secondary N) is 1. The first-order valence-corrected chi connectivity index (χ1v) is 7.76. The van der Waals surface area contributed by atoms with Crippen LogP contribution in [0.4, 0.5) is 0 Å². The number of methoxy groups -OCH3 is 1. The molecule has 2 rings (SSSR count). The van der Waals surface area contributed by atoms with Crippen LogP contribution in [0.2, 0.25) is 0 Å². The van der Waals surface area contributed by atoms with Crippen LogP contribution in [-0.2, 0) is 5.41 Å². The van der Waals surface area contributed by atoms with Crippen LogP contribution in [0, 0.1) is 0 Å². The van der Waals surface area contributed by atoms with Crippen molar-refractivity contribution in [2.75, 3.05) is 13.7 Å². The lowest BCUT2D eigenvalue weighted by Gasteiger charge is -2.20. The average molecular weight is 289 g/mol. The van der Waals surface area contributed by atoms with Gasteiger partial charge in [-0.15, -0.1) is 0 Å². The Bertz CT molecular complexity index is 607. The molecule has 3 heteroatoms. The zero-order valence-electron chi connectivity index (χ0n) is 14.0. The van der Waals surface area contributed by atoms with Crippen LogP contribution in [0.3, 0.4) is 0 Å². The van der Waals surface area contributed by atoms with Gasteiger partial charge in [-0.1, -0.05) is 34.6 Å². The third-order valence-corrected chi connectivity index (χ3v) is 3.85. The lowest BCUT2D eigenvalue weighted by Crippen LogP contribution is -2.19. The van der Waals surface area contributed by atoms with Gasteiger partial charge in [0.1, 0.15) is 17.1 Å². The Morgan fingerprint density at radius 1 is 1.19 bits per heavy atom. The lowest BCUT2D eigenvalue weighted by atomic mass is 9.86. The molecular weight excluding hydrogens is 262 g/mol. The second-order valence-corrected chi connectivity index (χ2v) is 6.51. The number of fused-ring (bicyclic) bond motifs is 1. The third kappa shape index (κ3) is 3.24. The zero-order chi connectivity index (χ0) is 15.6. The predicted octanol–water partition coefficient (Wildman–Crippen LogP) is 4.80. The van der Waals surface area contributed by atoms with E-state index >= 15 is 0 Å². The molecule has 0 saturated heterocycles. The van der Waals surface area contributed by atoms with Gasteiger partial charge in [-0.3, -0.25) is 0 Å². The van der Waals surface area contributed by atoms with Crippen molar-refractivity contribution >= 4 is 11.0 Å². The molecule has 1 unspecified atom stereocenters. The van der Waals surface area contributed by atoms with E-state index in [0.29, 0.717) is 0 Å². The van der Waals surface area contributed by atoms with Gasteiger partial charge in [0.15, 0.2) is 0 Å². The van der Waals surface area contributed by atoms with E-state index in [1.807, 2.05) is 0 Å². The maximum Gasteiger partial charge on any atom is 0.138 e. The first-order valence-electron chi connectivity index (χ1n) is 7.76. The first-order chi connectivity index (χ1) is 9.90. The maximum atomic E-state index is 6.21. The molecule has 0 radical (unpaired) electrons. The topological polar surface area (TPSA) is 34.4 Å². The van der Waals surface area contributed by atoms with Crippen LogP contribution < -0.4 is 10.1 Å². The van der Waals surface area contributed by atoms with Crippen molar-refractivity contribution in [3.8, 4) is 5.75 Å². The van der Waals surface area contributed by atoms with Gasteiger partial charge in [-0.2, -0.15) is 0 Å². The number of furan rings is 1. The molecule has 0 bridgehead atoms. The van der Waals surface area contributed by atoms with E-state index in [-0.39, 0.29) is 11.5 Å². The standard InChI is InChI=1S/C18H27NO2/c1-7-15(19-8-2)16-10-12-9-13(20-6)11-14(17(12)21-16)18(3,4)5/h9-11,15,19H,7-8H2,1-6H3. The molecule has 0 fully saturated rings. The summed E-state index contributed by atoms with van der Waals surface area (Å²) in [6.45, 7) is 11.8. The summed E-state index contributed by atoms with van der Waals surface area (Å²) in [5.41, 5.74) is 2.19. The summed E-state index contributed by atoms with van der Waals surface area (Å²) in [4.78, 5) is 0. The van der Waals surface area contributed by atoms with Gasteiger partial charge in [0.05, 0.1) is 13.2 Å². The average Bonchev–Trinajstić information content (AvgIpc) is 2.85. The van der Waals surface area contributed by atoms with Crippen LogP contribution in [0.1, 0.15) is 58.4 Å². The first kappa shape index (κ1) is 15.9. The Balaban J connectivity index is 2.60. The minimum Gasteiger partial charge on any atom is -0.497 e. The fourth-order valence-electron chi connectivity index (χ4n) is 2.68. The van der Waals surface area contributed by atoms with E-state index in [4.69, 9.17) is 9.15 Å². The molecule has 0 aliphatic rings. The molecule has 0 aliphatic carbocycles. The SMILES string of the molecule is CCNC(CC)c1cc2cc(OC)cc(C(C)(C)C)c2o1. The fourth-order valence-corrected chi connectivity index (χ4v) is 2.68. The van der Waals surface area contributed by atoms with Crippen molar-refractivity contribution in [2.24, 2.45) is 0 Å². The smallest absolute Gasteiger partial charge is 0.138 e. The van der Waals surface area contributed by atoms with Crippen molar-refractivity contribution in [1.82, 2.24) is 5.32 Å². The fraction of sp³-hybridized carbons (Fsp3) is 0.556. The molecule has 3 nitrogen and oxygen atoms in total. The van der Waals surface area contributed by atoms with Crippen molar-refractivity contribution < 1.29 is 9.15 Å². The molecule has 116 valence electrons. The predicted molar refractivity (Wildman–Crippen MR) is 88.2 cm³/mol. The third-order valence-electron chi connectivity index (χ3n) is 3.85. The second kappa shape index (κ2) is 6.10. The van der Waals surface area contributed by atoms with Crippen LogP contribution >= 0.6 is 0 Å². The van der Waals surface area contributed by atoms with E-state index in [1.54, 1.807) is 7.11 Å². The van der Waals surface area contributed by atoms with Gasteiger partial charge in [0.2, 0.25) is 0 Å². The summed E-state index contributed by atoms with van der Waals surface area (Å²) in [5.74, 6) is 1.89. The molecule has 0 spiro atoms. The number of hydrogen-bond donors (Lipinski definition) is 1. The number of rotatable bonds is 5. The minimum absolute atomic E-state index is 0.0157. The van der Waals surface area contributed by atoms with Gasteiger partial charge >= 0.3 is 0 Å².